The Hall–Kier alpha value is -5.00. The van der Waals surface area contributed by atoms with Crippen molar-refractivity contribution >= 4 is 38.4 Å². The molecule has 11 heteroatoms. The van der Waals surface area contributed by atoms with E-state index in [1.807, 2.05) is 80.6 Å². The topological polar surface area (TPSA) is 123 Å². The molecule has 0 saturated heterocycles. The highest BCUT2D eigenvalue weighted by atomic mass is 32.2. The number of rotatable bonds is 11. The summed E-state index contributed by atoms with van der Waals surface area (Å²) in [6, 6.07) is 29.6. The third-order valence-electron chi connectivity index (χ3n) is 8.23. The van der Waals surface area contributed by atoms with E-state index < -0.39 is 21.5 Å². The number of hydrogen-bond acceptors (Lipinski definition) is 8. The molecule has 6 rings (SSSR count). The maximum atomic E-state index is 13.7. The molecule has 48 heavy (non-hydrogen) atoms. The molecule has 9 nitrogen and oxygen atoms in total. The van der Waals surface area contributed by atoms with Gasteiger partial charge in [-0.25, -0.2) is 23.1 Å². The quantitative estimate of drug-likeness (QED) is 0.140. The van der Waals surface area contributed by atoms with E-state index in [1.165, 1.54) is 0 Å². The lowest BCUT2D eigenvalue weighted by Gasteiger charge is -2.16. The first-order chi connectivity index (χ1) is 23.0. The van der Waals surface area contributed by atoms with E-state index in [0.29, 0.717) is 41.9 Å². The van der Waals surface area contributed by atoms with Gasteiger partial charge in [-0.05, 0) is 67.3 Å². The normalized spacial score (nSPS) is 11.9. The van der Waals surface area contributed by atoms with Crippen LogP contribution in [0.5, 0.6) is 0 Å². The zero-order valence-corrected chi connectivity index (χ0v) is 28.7. The van der Waals surface area contributed by atoms with Gasteiger partial charge in [-0.3, -0.25) is 4.79 Å². The Morgan fingerprint density at radius 1 is 0.917 bits per heavy atom. The van der Waals surface area contributed by atoms with Crippen LogP contribution in [0.4, 0.5) is 0 Å². The molecular formula is C37H35N5O4S2. The molecule has 0 bridgehead atoms. The fourth-order valence-corrected chi connectivity index (χ4v) is 8.33. The van der Waals surface area contributed by atoms with Gasteiger partial charge in [0.25, 0.3) is 15.9 Å². The number of nitrogens with one attached hydrogen (secondary N) is 1. The van der Waals surface area contributed by atoms with Crippen molar-refractivity contribution in [1.82, 2.24) is 19.3 Å². The number of thiophene rings is 1. The van der Waals surface area contributed by atoms with Crippen molar-refractivity contribution < 1.29 is 13.2 Å². The Balaban J connectivity index is 1.36. The molecule has 0 radical (unpaired) electrons. The van der Waals surface area contributed by atoms with Crippen molar-refractivity contribution in [2.75, 3.05) is 0 Å². The van der Waals surface area contributed by atoms with Crippen LogP contribution in [0.15, 0.2) is 106 Å². The molecule has 3 aromatic carbocycles. The lowest BCUT2D eigenvalue weighted by molar-refractivity contribution is 0.0981. The average molecular weight is 678 g/mol. The highest BCUT2D eigenvalue weighted by molar-refractivity contribution is 7.92. The van der Waals surface area contributed by atoms with Crippen LogP contribution in [0.3, 0.4) is 0 Å². The molecular weight excluding hydrogens is 643 g/mol. The highest BCUT2D eigenvalue weighted by Gasteiger charge is 2.27. The summed E-state index contributed by atoms with van der Waals surface area (Å²) in [5.41, 5.74) is 5.50. The van der Waals surface area contributed by atoms with Crippen LogP contribution in [0.1, 0.15) is 64.2 Å². The third kappa shape index (κ3) is 6.69. The Morgan fingerprint density at radius 2 is 1.58 bits per heavy atom. The number of hydrogen-bond donors (Lipinski definition) is 1. The largest absolute Gasteiger partial charge is 0.308 e. The summed E-state index contributed by atoms with van der Waals surface area (Å²) in [6.07, 6.45) is 1.24. The van der Waals surface area contributed by atoms with Crippen molar-refractivity contribution in [2.24, 2.45) is 5.18 Å². The Morgan fingerprint density at radius 3 is 2.23 bits per heavy atom. The number of aromatic nitrogens is 3. The number of fused-ring (bicyclic) bond motifs is 1. The number of amides is 1. The Kier molecular flexibility index (Phi) is 9.09. The second-order valence-corrected chi connectivity index (χ2v) is 15.2. The van der Waals surface area contributed by atoms with E-state index in [1.54, 1.807) is 44.2 Å². The summed E-state index contributed by atoms with van der Waals surface area (Å²) >= 11 is 1.16. The first-order valence-electron chi connectivity index (χ1n) is 15.6. The molecule has 3 heterocycles. The number of sulfonamides is 1. The summed E-state index contributed by atoms with van der Waals surface area (Å²) < 4.78 is 31.9. The van der Waals surface area contributed by atoms with Gasteiger partial charge < -0.3 is 4.57 Å². The third-order valence-corrected chi connectivity index (χ3v) is 11.2. The molecule has 6 aromatic rings. The minimum absolute atomic E-state index is 0.0814. The SMILES string of the molecule is CCc1nc2c(C)cc(C(C)(C)N=O)nc2n1Cc1ccc(-c2cc(Cc3ccccc3)sc2S(=O)(=O)NC(=O)c2ccccc2)cc1. The minimum atomic E-state index is -4.20. The van der Waals surface area contributed by atoms with Crippen LogP contribution in [-0.4, -0.2) is 28.9 Å². The number of nitroso groups, excluding NO2 is 1. The van der Waals surface area contributed by atoms with E-state index in [4.69, 9.17) is 9.97 Å². The summed E-state index contributed by atoms with van der Waals surface area (Å²) in [4.78, 5) is 35.1. The Bertz CT molecular complexity index is 2230. The van der Waals surface area contributed by atoms with Crippen molar-refractivity contribution in [3.63, 3.8) is 0 Å². The molecule has 0 spiro atoms. The lowest BCUT2D eigenvalue weighted by atomic mass is 10.00. The minimum Gasteiger partial charge on any atom is -0.308 e. The number of carbonyl (C=O) groups excluding carboxylic acids is 1. The monoisotopic (exact) mass is 677 g/mol. The summed E-state index contributed by atoms with van der Waals surface area (Å²) in [5.74, 6) is 0.179. The van der Waals surface area contributed by atoms with Gasteiger partial charge in [-0.15, -0.1) is 16.2 Å². The van der Waals surface area contributed by atoms with E-state index in [2.05, 4.69) is 14.5 Å². The number of pyridine rings is 1. The lowest BCUT2D eigenvalue weighted by Crippen LogP contribution is -2.30. The van der Waals surface area contributed by atoms with Gasteiger partial charge in [-0.1, -0.05) is 84.9 Å². The fraction of sp³-hybridized carbons (Fsp3) is 0.216. The smallest absolute Gasteiger partial charge is 0.274 e. The number of imidazole rings is 1. The molecule has 0 unspecified atom stereocenters. The van der Waals surface area contributed by atoms with Crippen molar-refractivity contribution in [3.8, 4) is 11.1 Å². The summed E-state index contributed by atoms with van der Waals surface area (Å²) in [5, 5.41) is 3.29. The standard InChI is InChI=1S/C37H35N5O4S2/c1-5-32-39-33-24(2)20-31(37(3,4)41-44)38-34(33)42(32)23-26-16-18-27(19-17-26)30-22-29(21-25-12-8-6-9-13-25)47-36(30)48(45,46)40-35(43)28-14-10-7-11-15-28/h6-20,22H,5,21,23H2,1-4H3,(H,40,43). The molecule has 0 atom stereocenters. The zero-order chi connectivity index (χ0) is 34.1. The molecule has 1 N–H and O–H groups in total. The van der Waals surface area contributed by atoms with E-state index in [-0.39, 0.29) is 9.77 Å². The van der Waals surface area contributed by atoms with Gasteiger partial charge in [0.2, 0.25) is 0 Å². The molecule has 0 saturated carbocycles. The molecule has 0 fully saturated rings. The molecule has 0 aliphatic heterocycles. The predicted octanol–water partition coefficient (Wildman–Crippen LogP) is 7.79. The average Bonchev–Trinajstić information content (AvgIpc) is 3.68. The van der Waals surface area contributed by atoms with Gasteiger partial charge in [0, 0.05) is 28.8 Å². The maximum absolute atomic E-state index is 13.7. The number of aryl methyl sites for hydroxylation is 2. The number of benzene rings is 3. The van der Waals surface area contributed by atoms with Gasteiger partial charge in [0.15, 0.2) is 5.65 Å². The molecule has 1 amide bonds. The number of nitrogens with zero attached hydrogens (tertiary/aromatic N) is 4. The predicted molar refractivity (Wildman–Crippen MR) is 190 cm³/mol. The maximum Gasteiger partial charge on any atom is 0.274 e. The molecule has 0 aliphatic rings. The Labute approximate surface area is 283 Å². The van der Waals surface area contributed by atoms with Gasteiger partial charge >= 0.3 is 0 Å². The second kappa shape index (κ2) is 13.2. The summed E-state index contributed by atoms with van der Waals surface area (Å²) in [7, 11) is -4.20. The first kappa shape index (κ1) is 32.9. The van der Waals surface area contributed by atoms with E-state index >= 15 is 0 Å². The van der Waals surface area contributed by atoms with Crippen LogP contribution < -0.4 is 4.72 Å². The van der Waals surface area contributed by atoms with Crippen molar-refractivity contribution in [2.45, 2.75) is 56.8 Å². The fourth-order valence-electron chi connectivity index (χ4n) is 5.58. The zero-order valence-electron chi connectivity index (χ0n) is 27.1. The van der Waals surface area contributed by atoms with E-state index in [0.717, 1.165) is 44.2 Å². The molecule has 0 aliphatic carbocycles. The molecule has 3 aromatic heterocycles. The van der Waals surface area contributed by atoms with E-state index in [9.17, 15) is 18.1 Å². The van der Waals surface area contributed by atoms with Crippen molar-refractivity contribution in [3.05, 3.63) is 141 Å². The van der Waals surface area contributed by atoms with Crippen LogP contribution in [0, 0.1) is 11.8 Å². The van der Waals surface area contributed by atoms with Crippen LogP contribution in [0.25, 0.3) is 22.3 Å². The second-order valence-electron chi connectivity index (χ2n) is 12.2. The van der Waals surface area contributed by atoms with Crippen molar-refractivity contribution in [1.29, 1.82) is 0 Å². The highest BCUT2D eigenvalue weighted by Crippen LogP contribution is 2.37. The van der Waals surface area contributed by atoms with Gasteiger partial charge in [-0.2, -0.15) is 0 Å². The van der Waals surface area contributed by atoms with Gasteiger partial charge in [0.1, 0.15) is 21.1 Å². The number of carbonyl (C=O) groups is 1. The first-order valence-corrected chi connectivity index (χ1v) is 17.9. The van der Waals surface area contributed by atoms with Crippen LogP contribution in [-0.2, 0) is 34.9 Å². The summed E-state index contributed by atoms with van der Waals surface area (Å²) in [6.45, 7) is 7.96. The van der Waals surface area contributed by atoms with Crippen LogP contribution in [0.2, 0.25) is 0 Å². The van der Waals surface area contributed by atoms with Gasteiger partial charge in [0.05, 0.1) is 12.2 Å². The van der Waals surface area contributed by atoms with Crippen LogP contribution >= 0.6 is 11.3 Å². The molecule has 244 valence electrons.